The van der Waals surface area contributed by atoms with Crippen molar-refractivity contribution in [2.75, 3.05) is 5.73 Å². The summed E-state index contributed by atoms with van der Waals surface area (Å²) >= 11 is 0. The van der Waals surface area contributed by atoms with E-state index in [-0.39, 0.29) is 0 Å². The summed E-state index contributed by atoms with van der Waals surface area (Å²) in [4.78, 5) is 11.8. The third-order valence-corrected chi connectivity index (χ3v) is 2.81. The SMILES string of the molecule is Cc1ccc(C(C)(C)NC(=O)OC(C)(C)C)cc1N. The molecule has 0 fully saturated rings. The van der Waals surface area contributed by atoms with Gasteiger partial charge in [0.05, 0.1) is 5.54 Å². The lowest BCUT2D eigenvalue weighted by atomic mass is 9.93. The van der Waals surface area contributed by atoms with Crippen molar-refractivity contribution in [1.82, 2.24) is 5.32 Å². The van der Waals surface area contributed by atoms with E-state index in [0.29, 0.717) is 0 Å². The molecule has 19 heavy (non-hydrogen) atoms. The molecule has 0 radical (unpaired) electrons. The number of carbonyl (C=O) groups is 1. The van der Waals surface area contributed by atoms with Crippen LogP contribution in [0.15, 0.2) is 18.2 Å². The number of hydrogen-bond donors (Lipinski definition) is 2. The summed E-state index contributed by atoms with van der Waals surface area (Å²) in [5.74, 6) is 0. The molecule has 106 valence electrons. The molecule has 0 aliphatic heterocycles. The molecule has 1 amide bonds. The standard InChI is InChI=1S/C15H24N2O2/c1-10-7-8-11(9-12(10)16)15(5,6)17-13(18)19-14(2,3)4/h7-9H,16H2,1-6H3,(H,17,18). The number of anilines is 1. The predicted octanol–water partition coefficient (Wildman–Crippen LogP) is 3.34. The second kappa shape index (κ2) is 5.11. The molecular formula is C15H24N2O2. The highest BCUT2D eigenvalue weighted by Crippen LogP contribution is 2.24. The van der Waals surface area contributed by atoms with Crippen molar-refractivity contribution in [2.24, 2.45) is 0 Å². The molecule has 1 rings (SSSR count). The van der Waals surface area contributed by atoms with Crippen LogP contribution in [0.25, 0.3) is 0 Å². The molecule has 4 heteroatoms. The van der Waals surface area contributed by atoms with Crippen molar-refractivity contribution in [1.29, 1.82) is 0 Å². The van der Waals surface area contributed by atoms with Crippen molar-refractivity contribution in [3.05, 3.63) is 29.3 Å². The number of rotatable bonds is 2. The molecule has 0 aliphatic rings. The Morgan fingerprint density at radius 1 is 1.21 bits per heavy atom. The summed E-state index contributed by atoms with van der Waals surface area (Å²) < 4.78 is 5.27. The van der Waals surface area contributed by atoms with Gasteiger partial charge in [-0.05, 0) is 58.7 Å². The Hall–Kier alpha value is -1.71. The lowest BCUT2D eigenvalue weighted by Gasteiger charge is -2.29. The Bertz CT molecular complexity index is 474. The van der Waals surface area contributed by atoms with E-state index in [1.54, 1.807) is 0 Å². The van der Waals surface area contributed by atoms with Gasteiger partial charge in [0.15, 0.2) is 0 Å². The maximum absolute atomic E-state index is 11.8. The molecule has 0 atom stereocenters. The molecule has 0 saturated heterocycles. The molecule has 1 aromatic carbocycles. The molecular weight excluding hydrogens is 240 g/mol. The summed E-state index contributed by atoms with van der Waals surface area (Å²) in [6.07, 6.45) is -0.434. The first kappa shape index (κ1) is 15.3. The van der Waals surface area contributed by atoms with Crippen LogP contribution in [0.1, 0.15) is 45.7 Å². The topological polar surface area (TPSA) is 64.3 Å². The van der Waals surface area contributed by atoms with E-state index in [0.717, 1.165) is 16.8 Å². The quantitative estimate of drug-likeness (QED) is 0.805. The fraction of sp³-hybridized carbons (Fsp3) is 0.533. The summed E-state index contributed by atoms with van der Waals surface area (Å²) in [6, 6.07) is 5.79. The van der Waals surface area contributed by atoms with E-state index in [4.69, 9.17) is 10.5 Å². The molecule has 0 saturated carbocycles. The fourth-order valence-electron chi connectivity index (χ4n) is 1.66. The van der Waals surface area contributed by atoms with Gasteiger partial charge in [-0.3, -0.25) is 0 Å². The molecule has 1 aromatic rings. The first-order valence-corrected chi connectivity index (χ1v) is 6.39. The van der Waals surface area contributed by atoms with Gasteiger partial charge in [0, 0.05) is 5.69 Å². The molecule has 0 aromatic heterocycles. The number of alkyl carbamates (subject to hydrolysis) is 1. The second-order valence-corrected chi connectivity index (χ2v) is 6.32. The van der Waals surface area contributed by atoms with Gasteiger partial charge < -0.3 is 15.8 Å². The summed E-state index contributed by atoms with van der Waals surface area (Å²) in [5.41, 5.74) is 7.55. The molecule has 0 bridgehead atoms. The van der Waals surface area contributed by atoms with Gasteiger partial charge in [0.2, 0.25) is 0 Å². The first-order valence-electron chi connectivity index (χ1n) is 6.39. The number of amides is 1. The van der Waals surface area contributed by atoms with E-state index < -0.39 is 17.2 Å². The normalized spacial score (nSPS) is 12.1. The third-order valence-electron chi connectivity index (χ3n) is 2.81. The summed E-state index contributed by atoms with van der Waals surface area (Å²) in [7, 11) is 0. The van der Waals surface area contributed by atoms with Crippen LogP contribution in [0.2, 0.25) is 0 Å². The molecule has 0 spiro atoms. The number of nitrogens with one attached hydrogen (secondary N) is 1. The Kier molecular flexibility index (Phi) is 4.13. The van der Waals surface area contributed by atoms with E-state index in [9.17, 15) is 4.79 Å². The third kappa shape index (κ3) is 4.47. The van der Waals surface area contributed by atoms with E-state index in [1.807, 2.05) is 59.7 Å². The van der Waals surface area contributed by atoms with Crippen LogP contribution in [-0.4, -0.2) is 11.7 Å². The van der Waals surface area contributed by atoms with Gasteiger partial charge >= 0.3 is 6.09 Å². The van der Waals surface area contributed by atoms with Gasteiger partial charge in [0.25, 0.3) is 0 Å². The van der Waals surface area contributed by atoms with Crippen molar-refractivity contribution >= 4 is 11.8 Å². The van der Waals surface area contributed by atoms with Crippen LogP contribution in [0.3, 0.4) is 0 Å². The maximum Gasteiger partial charge on any atom is 0.408 e. The number of benzene rings is 1. The van der Waals surface area contributed by atoms with Crippen LogP contribution in [0.4, 0.5) is 10.5 Å². The van der Waals surface area contributed by atoms with Crippen LogP contribution >= 0.6 is 0 Å². The highest BCUT2D eigenvalue weighted by molar-refractivity contribution is 5.69. The van der Waals surface area contributed by atoms with Crippen LogP contribution in [0, 0.1) is 6.92 Å². The van der Waals surface area contributed by atoms with Crippen LogP contribution in [0.5, 0.6) is 0 Å². The molecule has 0 heterocycles. The van der Waals surface area contributed by atoms with Gasteiger partial charge in [0.1, 0.15) is 5.60 Å². The molecule has 4 nitrogen and oxygen atoms in total. The number of nitrogens with two attached hydrogens (primary N) is 1. The average molecular weight is 264 g/mol. The van der Waals surface area contributed by atoms with E-state index in [1.165, 1.54) is 0 Å². The lowest BCUT2D eigenvalue weighted by molar-refractivity contribution is 0.0470. The number of hydrogen-bond acceptors (Lipinski definition) is 3. The van der Waals surface area contributed by atoms with Gasteiger partial charge in [-0.2, -0.15) is 0 Å². The number of ether oxygens (including phenoxy) is 1. The minimum absolute atomic E-state index is 0.434. The largest absolute Gasteiger partial charge is 0.444 e. The predicted molar refractivity (Wildman–Crippen MR) is 78.0 cm³/mol. The molecule has 0 unspecified atom stereocenters. The zero-order valence-electron chi connectivity index (χ0n) is 12.6. The van der Waals surface area contributed by atoms with Gasteiger partial charge in [-0.1, -0.05) is 12.1 Å². The number of carbonyl (C=O) groups excluding carboxylic acids is 1. The first-order chi connectivity index (χ1) is 8.51. The second-order valence-electron chi connectivity index (χ2n) is 6.32. The summed E-state index contributed by atoms with van der Waals surface area (Å²) in [6.45, 7) is 11.3. The van der Waals surface area contributed by atoms with Crippen LogP contribution < -0.4 is 11.1 Å². The van der Waals surface area contributed by atoms with Crippen molar-refractivity contribution in [2.45, 2.75) is 52.7 Å². The zero-order chi connectivity index (χ0) is 14.8. The van der Waals surface area contributed by atoms with Gasteiger partial charge in [-0.25, -0.2) is 4.79 Å². The van der Waals surface area contributed by atoms with E-state index in [2.05, 4.69) is 5.32 Å². The zero-order valence-corrected chi connectivity index (χ0v) is 12.6. The Morgan fingerprint density at radius 2 is 1.79 bits per heavy atom. The van der Waals surface area contributed by atoms with Crippen molar-refractivity contribution in [3.8, 4) is 0 Å². The maximum atomic E-state index is 11.8. The number of nitrogen functional groups attached to an aromatic ring is 1. The minimum Gasteiger partial charge on any atom is -0.444 e. The average Bonchev–Trinajstić information content (AvgIpc) is 2.17. The lowest BCUT2D eigenvalue weighted by Crippen LogP contribution is -2.43. The smallest absolute Gasteiger partial charge is 0.408 e. The monoisotopic (exact) mass is 264 g/mol. The Balaban J connectivity index is 2.86. The molecule has 3 N–H and O–H groups in total. The van der Waals surface area contributed by atoms with Crippen molar-refractivity contribution in [3.63, 3.8) is 0 Å². The van der Waals surface area contributed by atoms with E-state index >= 15 is 0 Å². The van der Waals surface area contributed by atoms with Crippen molar-refractivity contribution < 1.29 is 9.53 Å². The Morgan fingerprint density at radius 3 is 2.26 bits per heavy atom. The highest BCUT2D eigenvalue weighted by Gasteiger charge is 2.26. The summed E-state index contributed by atoms with van der Waals surface area (Å²) in [5, 5.41) is 2.86. The number of aryl methyl sites for hydroxylation is 1. The van der Waals surface area contributed by atoms with Gasteiger partial charge in [-0.15, -0.1) is 0 Å². The fourth-order valence-corrected chi connectivity index (χ4v) is 1.66. The highest BCUT2D eigenvalue weighted by atomic mass is 16.6. The molecule has 0 aliphatic carbocycles. The minimum atomic E-state index is -0.538. The van der Waals surface area contributed by atoms with Crippen LogP contribution in [-0.2, 0) is 10.3 Å². The Labute approximate surface area is 115 Å².